The zero-order chi connectivity index (χ0) is 18.9. The molecule has 10 heteroatoms. The van der Waals surface area contributed by atoms with Gasteiger partial charge >= 0.3 is 23.9 Å². The Morgan fingerprint density at radius 3 is 1.67 bits per heavy atom. The topological polar surface area (TPSA) is 143 Å². The van der Waals surface area contributed by atoms with E-state index in [1.54, 1.807) is 0 Å². The number of hydrogen-bond donors (Lipinski definition) is 1. The molecule has 0 aromatic heterocycles. The Kier molecular flexibility index (Phi) is 9.25. The van der Waals surface area contributed by atoms with E-state index >= 15 is 0 Å². The van der Waals surface area contributed by atoms with Crippen molar-refractivity contribution < 1.29 is 48.0 Å². The first-order valence-corrected chi connectivity index (χ1v) is 6.86. The van der Waals surface area contributed by atoms with E-state index in [-0.39, 0.29) is 6.29 Å². The van der Waals surface area contributed by atoms with Crippen LogP contribution in [0.15, 0.2) is 0 Å². The highest BCUT2D eigenvalue weighted by Crippen LogP contribution is 2.17. The molecule has 0 aromatic rings. The van der Waals surface area contributed by atoms with Gasteiger partial charge in [-0.25, -0.2) is 0 Å². The maximum absolute atomic E-state index is 11.3. The highest BCUT2D eigenvalue weighted by atomic mass is 16.6. The van der Waals surface area contributed by atoms with Gasteiger partial charge in [0.05, 0.1) is 0 Å². The van der Waals surface area contributed by atoms with Crippen LogP contribution in [0.4, 0.5) is 0 Å². The van der Waals surface area contributed by atoms with Gasteiger partial charge in [0.25, 0.3) is 0 Å². The van der Waals surface area contributed by atoms with Crippen molar-refractivity contribution >= 4 is 30.2 Å². The summed E-state index contributed by atoms with van der Waals surface area (Å²) in [5.41, 5.74) is 0. The first-order valence-electron chi connectivity index (χ1n) is 6.86. The number of hydrogen-bond acceptors (Lipinski definition) is 10. The number of carbonyl (C=O) groups is 5. The van der Waals surface area contributed by atoms with Crippen molar-refractivity contribution in [1.29, 1.82) is 0 Å². The van der Waals surface area contributed by atoms with Gasteiger partial charge in [-0.15, -0.1) is 0 Å². The van der Waals surface area contributed by atoms with Crippen LogP contribution < -0.4 is 0 Å². The monoisotopic (exact) mass is 348 g/mol. The summed E-state index contributed by atoms with van der Waals surface area (Å²) in [6, 6.07) is 0. The van der Waals surface area contributed by atoms with Crippen LogP contribution in [0.5, 0.6) is 0 Å². The Labute approximate surface area is 138 Å². The van der Waals surface area contributed by atoms with E-state index < -0.39 is 54.9 Å². The van der Waals surface area contributed by atoms with Crippen LogP contribution >= 0.6 is 0 Å². The molecule has 0 unspecified atom stereocenters. The zero-order valence-electron chi connectivity index (χ0n) is 13.7. The molecule has 0 fully saturated rings. The van der Waals surface area contributed by atoms with Crippen molar-refractivity contribution in [3.8, 4) is 0 Å². The fourth-order valence-corrected chi connectivity index (χ4v) is 1.75. The zero-order valence-corrected chi connectivity index (χ0v) is 13.7. The molecule has 0 aromatic carbocycles. The standard InChI is InChI=1S/C14H20O10/c1-7(16)21-6-12(22-8(2)17)14(24-10(4)19)13(11(20)5-15)23-9(3)18/h5,11-14,20H,6H2,1-4H3/t11-,12-,13+,14+/m1/s1. The third-order valence-corrected chi connectivity index (χ3v) is 2.54. The molecule has 1 N–H and O–H groups in total. The van der Waals surface area contributed by atoms with E-state index in [2.05, 4.69) is 0 Å². The van der Waals surface area contributed by atoms with Crippen LogP contribution in [0.2, 0.25) is 0 Å². The van der Waals surface area contributed by atoms with Crippen molar-refractivity contribution in [2.75, 3.05) is 6.61 Å². The van der Waals surface area contributed by atoms with E-state index in [0.717, 1.165) is 27.7 Å². The molecular weight excluding hydrogens is 328 g/mol. The molecule has 136 valence electrons. The number of aliphatic hydroxyl groups is 1. The number of esters is 4. The average molecular weight is 348 g/mol. The second-order valence-electron chi connectivity index (χ2n) is 4.73. The normalized spacial score (nSPS) is 15.2. The predicted octanol–water partition coefficient (Wildman–Crippen LogP) is -1.10. The minimum Gasteiger partial charge on any atom is -0.462 e. The molecule has 0 bridgehead atoms. The van der Waals surface area contributed by atoms with Gasteiger partial charge in [0, 0.05) is 27.7 Å². The number of aldehydes is 1. The van der Waals surface area contributed by atoms with Crippen LogP contribution in [-0.4, -0.2) is 66.3 Å². The molecule has 0 aliphatic rings. The lowest BCUT2D eigenvalue weighted by atomic mass is 10.0. The van der Waals surface area contributed by atoms with Crippen molar-refractivity contribution in [3.05, 3.63) is 0 Å². The summed E-state index contributed by atoms with van der Waals surface area (Å²) >= 11 is 0. The third kappa shape index (κ3) is 8.22. The Hall–Kier alpha value is -2.49. The fourth-order valence-electron chi connectivity index (χ4n) is 1.75. The van der Waals surface area contributed by atoms with E-state index in [4.69, 9.17) is 18.9 Å². The molecule has 0 rings (SSSR count). The minimum absolute atomic E-state index is 0.0563. The SMILES string of the molecule is CC(=O)OC[C@@H](OC(C)=O)[C@H](OC(C)=O)[C@@H](OC(C)=O)[C@H](O)C=O. The average Bonchev–Trinajstić information content (AvgIpc) is 2.45. The van der Waals surface area contributed by atoms with Gasteiger partial charge in [0.1, 0.15) is 12.7 Å². The number of ether oxygens (including phenoxy) is 4. The quantitative estimate of drug-likeness (QED) is 0.310. The van der Waals surface area contributed by atoms with Gasteiger partial charge < -0.3 is 28.8 Å². The Morgan fingerprint density at radius 1 is 0.833 bits per heavy atom. The van der Waals surface area contributed by atoms with Crippen molar-refractivity contribution in [3.63, 3.8) is 0 Å². The van der Waals surface area contributed by atoms with Crippen molar-refractivity contribution in [2.24, 2.45) is 0 Å². The Balaban J connectivity index is 5.67. The van der Waals surface area contributed by atoms with Gasteiger partial charge in [-0.05, 0) is 0 Å². The van der Waals surface area contributed by atoms with Gasteiger partial charge in [-0.1, -0.05) is 0 Å². The summed E-state index contributed by atoms with van der Waals surface area (Å²) in [4.78, 5) is 55.5. The van der Waals surface area contributed by atoms with E-state index in [9.17, 15) is 29.1 Å². The summed E-state index contributed by atoms with van der Waals surface area (Å²) in [6.07, 6.45) is -6.46. The summed E-state index contributed by atoms with van der Waals surface area (Å²) in [7, 11) is 0. The number of rotatable bonds is 9. The lowest BCUT2D eigenvalue weighted by Crippen LogP contribution is -2.52. The van der Waals surface area contributed by atoms with Gasteiger partial charge in [0.2, 0.25) is 0 Å². The lowest BCUT2D eigenvalue weighted by Gasteiger charge is -2.32. The summed E-state index contributed by atoms with van der Waals surface area (Å²) in [5.74, 6) is -3.28. The van der Waals surface area contributed by atoms with Crippen LogP contribution in [0.3, 0.4) is 0 Å². The lowest BCUT2D eigenvalue weighted by molar-refractivity contribution is -0.197. The molecular formula is C14H20O10. The maximum atomic E-state index is 11.3. The molecule has 0 saturated heterocycles. The molecule has 0 radical (unpaired) electrons. The summed E-state index contributed by atoms with van der Waals surface area (Å²) in [5, 5.41) is 9.73. The first kappa shape index (κ1) is 21.5. The molecule has 0 spiro atoms. The molecule has 0 saturated carbocycles. The van der Waals surface area contributed by atoms with Crippen molar-refractivity contribution in [1.82, 2.24) is 0 Å². The van der Waals surface area contributed by atoms with Gasteiger partial charge in [-0.2, -0.15) is 0 Å². The largest absolute Gasteiger partial charge is 0.462 e. The maximum Gasteiger partial charge on any atom is 0.303 e. The molecule has 0 aliphatic carbocycles. The smallest absolute Gasteiger partial charge is 0.303 e. The first-order chi connectivity index (χ1) is 11.1. The summed E-state index contributed by atoms with van der Waals surface area (Å²) < 4.78 is 19.4. The van der Waals surface area contributed by atoms with E-state index in [0.29, 0.717) is 0 Å². The Bertz CT molecular complexity index is 486. The number of aliphatic hydroxyl groups excluding tert-OH is 1. The Morgan fingerprint density at radius 2 is 1.29 bits per heavy atom. The highest BCUT2D eigenvalue weighted by Gasteiger charge is 2.41. The van der Waals surface area contributed by atoms with Gasteiger partial charge in [-0.3, -0.25) is 19.2 Å². The second-order valence-corrected chi connectivity index (χ2v) is 4.73. The van der Waals surface area contributed by atoms with Crippen LogP contribution in [-0.2, 0) is 42.9 Å². The third-order valence-electron chi connectivity index (χ3n) is 2.54. The van der Waals surface area contributed by atoms with E-state index in [1.807, 2.05) is 0 Å². The molecule has 10 nitrogen and oxygen atoms in total. The van der Waals surface area contributed by atoms with E-state index in [1.165, 1.54) is 0 Å². The second kappa shape index (κ2) is 10.3. The van der Waals surface area contributed by atoms with Crippen LogP contribution in [0.1, 0.15) is 27.7 Å². The molecule has 4 atom stereocenters. The van der Waals surface area contributed by atoms with Crippen molar-refractivity contribution in [2.45, 2.75) is 52.1 Å². The fraction of sp³-hybridized carbons (Fsp3) is 0.643. The van der Waals surface area contributed by atoms with Crippen LogP contribution in [0, 0.1) is 0 Å². The molecule has 24 heavy (non-hydrogen) atoms. The van der Waals surface area contributed by atoms with Crippen LogP contribution in [0.25, 0.3) is 0 Å². The molecule has 0 aliphatic heterocycles. The summed E-state index contributed by atoms with van der Waals surface area (Å²) in [6.45, 7) is 3.61. The highest BCUT2D eigenvalue weighted by molar-refractivity contribution is 5.69. The predicted molar refractivity (Wildman–Crippen MR) is 75.4 cm³/mol. The molecule has 0 heterocycles. The van der Waals surface area contributed by atoms with Gasteiger partial charge in [0.15, 0.2) is 24.6 Å². The number of carbonyl (C=O) groups excluding carboxylic acids is 5. The molecule has 0 amide bonds. The minimum atomic E-state index is -1.87.